The molecule has 0 aliphatic heterocycles. The Morgan fingerprint density at radius 3 is 1.79 bits per heavy atom. The molecule has 6 heteroatoms. The van der Waals surface area contributed by atoms with E-state index in [-0.39, 0.29) is 18.6 Å². The molecule has 0 heterocycles. The molecule has 6 nitrogen and oxygen atoms in total. The van der Waals surface area contributed by atoms with Crippen molar-refractivity contribution >= 4 is 18.0 Å². The average Bonchev–Trinajstić information content (AvgIpc) is 2.73. The van der Waals surface area contributed by atoms with Crippen LogP contribution in [-0.4, -0.2) is 45.1 Å². The molecule has 2 atom stereocenters. The predicted octanol–water partition coefficient (Wildman–Crippen LogP) is 3.55. The van der Waals surface area contributed by atoms with Crippen LogP contribution in [0.5, 0.6) is 0 Å². The first-order valence-corrected chi connectivity index (χ1v) is 8.85. The maximum Gasteiger partial charge on any atom is 0.335 e. The lowest BCUT2D eigenvalue weighted by Crippen LogP contribution is -2.19. The zero-order valence-electron chi connectivity index (χ0n) is 16.1. The summed E-state index contributed by atoms with van der Waals surface area (Å²) in [6.45, 7) is 3.81. The van der Waals surface area contributed by atoms with E-state index in [1.807, 2.05) is 44.2 Å². The molecular formula is C22H28O6. The Balaban J connectivity index is 0.000000397. The van der Waals surface area contributed by atoms with Gasteiger partial charge in [0.15, 0.2) is 0 Å². The molecule has 2 aromatic rings. The molecule has 2 unspecified atom stereocenters. The fourth-order valence-corrected chi connectivity index (χ4v) is 1.84. The van der Waals surface area contributed by atoms with Gasteiger partial charge in [0.25, 0.3) is 0 Å². The first-order valence-electron chi connectivity index (χ1n) is 8.85. The van der Waals surface area contributed by atoms with Crippen molar-refractivity contribution in [1.29, 1.82) is 0 Å². The van der Waals surface area contributed by atoms with E-state index in [0.717, 1.165) is 18.1 Å². The summed E-state index contributed by atoms with van der Waals surface area (Å²) in [5.41, 5.74) is 1.23. The summed E-state index contributed by atoms with van der Waals surface area (Å²) in [5, 5.41) is 34.1. The van der Waals surface area contributed by atoms with Crippen molar-refractivity contribution in [3.05, 3.63) is 77.9 Å². The van der Waals surface area contributed by atoms with Gasteiger partial charge in [-0.2, -0.15) is 0 Å². The number of carboxylic acid groups (broad SMARTS) is 2. The lowest BCUT2D eigenvalue weighted by molar-refractivity contribution is -0.131. The molecule has 0 saturated heterocycles. The van der Waals surface area contributed by atoms with Crippen LogP contribution in [0.1, 0.15) is 36.2 Å². The van der Waals surface area contributed by atoms with E-state index in [4.69, 9.17) is 20.4 Å². The number of benzene rings is 2. The van der Waals surface area contributed by atoms with Crippen molar-refractivity contribution in [3.8, 4) is 0 Å². The van der Waals surface area contributed by atoms with Gasteiger partial charge in [0, 0.05) is 18.6 Å². The van der Waals surface area contributed by atoms with Crippen LogP contribution in [0.15, 0.2) is 66.7 Å². The van der Waals surface area contributed by atoms with Gasteiger partial charge < -0.3 is 20.4 Å². The monoisotopic (exact) mass is 388 g/mol. The molecule has 0 amide bonds. The van der Waals surface area contributed by atoms with Crippen LogP contribution < -0.4 is 0 Å². The normalized spacial score (nSPS) is 12.0. The molecule has 0 aliphatic rings. The van der Waals surface area contributed by atoms with Crippen LogP contribution in [-0.2, 0) is 4.79 Å². The highest BCUT2D eigenvalue weighted by Gasteiger charge is 2.08. The summed E-state index contributed by atoms with van der Waals surface area (Å²) in [7, 11) is 0. The minimum absolute atomic E-state index is 0.0278. The van der Waals surface area contributed by atoms with Crippen molar-refractivity contribution in [2.75, 3.05) is 6.61 Å². The van der Waals surface area contributed by atoms with Crippen LogP contribution in [0.4, 0.5) is 0 Å². The number of aliphatic carboxylic acids is 1. The van der Waals surface area contributed by atoms with Gasteiger partial charge in [0.05, 0.1) is 11.7 Å². The van der Waals surface area contributed by atoms with E-state index >= 15 is 0 Å². The minimum Gasteiger partial charge on any atom is -0.478 e. The van der Waals surface area contributed by atoms with Crippen molar-refractivity contribution in [2.24, 2.45) is 5.92 Å². The smallest absolute Gasteiger partial charge is 0.335 e. The standard InChI is InChI=1S/C9H8O2.C7H6O2.C6H14O2/c10-9(11)7-6-8-4-2-1-3-5-8;8-7(9)6-4-2-1-3-5-6;1-3-6(8)5(2)4-7/h1-7H,(H,10,11);1-5H,(H,8,9);5-8H,3-4H2,1-2H3. The van der Waals surface area contributed by atoms with Gasteiger partial charge in [-0.05, 0) is 30.2 Å². The van der Waals surface area contributed by atoms with Crippen LogP contribution in [0.3, 0.4) is 0 Å². The number of hydrogen-bond donors (Lipinski definition) is 4. The Morgan fingerprint density at radius 2 is 1.46 bits per heavy atom. The van der Waals surface area contributed by atoms with Gasteiger partial charge in [0.1, 0.15) is 0 Å². The molecule has 2 aromatic carbocycles. The highest BCUT2D eigenvalue weighted by Crippen LogP contribution is 2.03. The zero-order chi connectivity index (χ0) is 21.4. The molecule has 0 bridgehead atoms. The number of aliphatic hydroxyl groups excluding tert-OH is 2. The van der Waals surface area contributed by atoms with Crippen molar-refractivity contribution in [3.63, 3.8) is 0 Å². The summed E-state index contributed by atoms with van der Waals surface area (Å²) in [4.78, 5) is 20.3. The van der Waals surface area contributed by atoms with Crippen LogP contribution in [0.25, 0.3) is 6.08 Å². The van der Waals surface area contributed by atoms with Crippen LogP contribution >= 0.6 is 0 Å². The lowest BCUT2D eigenvalue weighted by atomic mass is 10.0. The first-order chi connectivity index (χ1) is 13.3. The highest BCUT2D eigenvalue weighted by molar-refractivity contribution is 5.87. The molecule has 0 radical (unpaired) electrons. The second-order valence-corrected chi connectivity index (χ2v) is 5.89. The summed E-state index contributed by atoms with van der Waals surface area (Å²) in [6.07, 6.45) is 3.07. The summed E-state index contributed by atoms with van der Waals surface area (Å²) < 4.78 is 0. The van der Waals surface area contributed by atoms with Crippen molar-refractivity contribution in [2.45, 2.75) is 26.4 Å². The highest BCUT2D eigenvalue weighted by atomic mass is 16.4. The third-order valence-electron chi connectivity index (χ3n) is 3.60. The van der Waals surface area contributed by atoms with Crippen molar-refractivity contribution in [1.82, 2.24) is 0 Å². The Labute approximate surface area is 165 Å². The van der Waals surface area contributed by atoms with Gasteiger partial charge >= 0.3 is 11.9 Å². The van der Waals surface area contributed by atoms with E-state index in [1.54, 1.807) is 36.4 Å². The Bertz CT molecular complexity index is 689. The van der Waals surface area contributed by atoms with Crippen LogP contribution in [0, 0.1) is 5.92 Å². The molecule has 0 spiro atoms. The molecule has 4 N–H and O–H groups in total. The number of aromatic carboxylic acids is 1. The number of hydrogen-bond acceptors (Lipinski definition) is 4. The maximum atomic E-state index is 10.2. The summed E-state index contributed by atoms with van der Waals surface area (Å²) >= 11 is 0. The molecule has 152 valence electrons. The van der Waals surface area contributed by atoms with Gasteiger partial charge in [-0.3, -0.25) is 0 Å². The third kappa shape index (κ3) is 12.4. The van der Waals surface area contributed by atoms with Gasteiger partial charge in [-0.25, -0.2) is 9.59 Å². The van der Waals surface area contributed by atoms with Gasteiger partial charge in [0.2, 0.25) is 0 Å². The fourth-order valence-electron chi connectivity index (χ4n) is 1.84. The minimum atomic E-state index is -0.922. The van der Waals surface area contributed by atoms with Gasteiger partial charge in [-0.1, -0.05) is 62.4 Å². The van der Waals surface area contributed by atoms with E-state index < -0.39 is 11.9 Å². The Hall–Kier alpha value is -2.96. The van der Waals surface area contributed by atoms with E-state index in [0.29, 0.717) is 5.56 Å². The van der Waals surface area contributed by atoms with E-state index in [1.165, 1.54) is 0 Å². The molecule has 0 fully saturated rings. The number of carbonyl (C=O) groups is 2. The molecule has 28 heavy (non-hydrogen) atoms. The molecular weight excluding hydrogens is 360 g/mol. The van der Waals surface area contributed by atoms with Crippen molar-refractivity contribution < 1.29 is 30.0 Å². The maximum absolute atomic E-state index is 10.2. The third-order valence-corrected chi connectivity index (χ3v) is 3.60. The SMILES string of the molecule is CCC(O)C(C)CO.O=C(O)C=Cc1ccccc1.O=C(O)c1ccccc1. The molecule has 0 aliphatic carbocycles. The van der Waals surface area contributed by atoms with Crippen LogP contribution in [0.2, 0.25) is 0 Å². The fraction of sp³-hybridized carbons (Fsp3) is 0.273. The number of rotatable bonds is 6. The Morgan fingerprint density at radius 1 is 0.964 bits per heavy atom. The topological polar surface area (TPSA) is 115 Å². The summed E-state index contributed by atoms with van der Waals surface area (Å²) in [5.74, 6) is -1.77. The summed E-state index contributed by atoms with van der Waals surface area (Å²) in [6, 6.07) is 17.6. The number of aliphatic hydroxyl groups is 2. The largest absolute Gasteiger partial charge is 0.478 e. The predicted molar refractivity (Wildman–Crippen MR) is 109 cm³/mol. The number of carboxylic acids is 2. The first kappa shape index (κ1) is 25.0. The second kappa shape index (κ2) is 15.1. The second-order valence-electron chi connectivity index (χ2n) is 5.89. The molecule has 0 aromatic heterocycles. The quantitative estimate of drug-likeness (QED) is 0.563. The van der Waals surface area contributed by atoms with E-state index in [2.05, 4.69) is 0 Å². The molecule has 0 saturated carbocycles. The average molecular weight is 388 g/mol. The lowest BCUT2D eigenvalue weighted by Gasteiger charge is -2.12. The zero-order valence-corrected chi connectivity index (χ0v) is 16.1. The van der Waals surface area contributed by atoms with E-state index in [9.17, 15) is 9.59 Å². The molecule has 2 rings (SSSR count). The Kier molecular flexibility index (Phi) is 13.5. The van der Waals surface area contributed by atoms with Gasteiger partial charge in [-0.15, -0.1) is 0 Å².